The monoisotopic (exact) mass is 213 g/mol. The van der Waals surface area contributed by atoms with Gasteiger partial charge in [0.15, 0.2) is 0 Å². The van der Waals surface area contributed by atoms with E-state index in [-0.39, 0.29) is 11.9 Å². The fraction of sp³-hybridized carbons (Fsp3) is 0.455. The van der Waals surface area contributed by atoms with Crippen LogP contribution >= 0.6 is 11.6 Å². The van der Waals surface area contributed by atoms with E-state index in [9.17, 15) is 4.39 Å². The average molecular weight is 214 g/mol. The maximum Gasteiger partial charge on any atom is 0.128 e. The smallest absolute Gasteiger partial charge is 0.128 e. The third-order valence-corrected chi connectivity index (χ3v) is 3.21. The number of nitrogens with two attached hydrogens (primary N) is 1. The predicted molar refractivity (Wildman–Crippen MR) is 55.7 cm³/mol. The van der Waals surface area contributed by atoms with Crippen LogP contribution in [0.3, 0.4) is 0 Å². The van der Waals surface area contributed by atoms with Gasteiger partial charge in [0.2, 0.25) is 0 Å². The molecule has 76 valence electrons. The second kappa shape index (κ2) is 3.87. The Labute approximate surface area is 88.1 Å². The summed E-state index contributed by atoms with van der Waals surface area (Å²) in [6.45, 7) is 0. The molecule has 0 bridgehead atoms. The molecule has 1 saturated carbocycles. The van der Waals surface area contributed by atoms with Crippen molar-refractivity contribution < 1.29 is 4.39 Å². The molecule has 0 spiro atoms. The van der Waals surface area contributed by atoms with Gasteiger partial charge in [0, 0.05) is 16.6 Å². The van der Waals surface area contributed by atoms with E-state index in [2.05, 4.69) is 0 Å². The molecule has 3 heteroatoms. The predicted octanol–water partition coefficient (Wildman–Crippen LogP) is 3.28. The van der Waals surface area contributed by atoms with Crippen molar-refractivity contribution in [1.82, 2.24) is 0 Å². The van der Waals surface area contributed by atoms with Crippen molar-refractivity contribution in [3.05, 3.63) is 34.6 Å². The molecule has 0 saturated heterocycles. The zero-order valence-corrected chi connectivity index (χ0v) is 8.60. The molecule has 1 aromatic carbocycles. The van der Waals surface area contributed by atoms with Crippen molar-refractivity contribution >= 4 is 11.6 Å². The summed E-state index contributed by atoms with van der Waals surface area (Å²) >= 11 is 5.80. The maximum atomic E-state index is 13.4. The van der Waals surface area contributed by atoms with Crippen molar-refractivity contribution in [1.29, 1.82) is 0 Å². The number of benzene rings is 1. The van der Waals surface area contributed by atoms with E-state index in [0.29, 0.717) is 16.5 Å². The molecule has 1 fully saturated rings. The van der Waals surface area contributed by atoms with E-state index in [1.165, 1.54) is 12.5 Å². The van der Waals surface area contributed by atoms with Gasteiger partial charge < -0.3 is 5.73 Å². The molecule has 1 atom stereocenters. The highest BCUT2D eigenvalue weighted by Crippen LogP contribution is 2.37. The number of hydrogen-bond donors (Lipinski definition) is 1. The van der Waals surface area contributed by atoms with Gasteiger partial charge in [-0.3, -0.25) is 0 Å². The Bertz CT molecular complexity index is 336. The lowest BCUT2D eigenvalue weighted by Crippen LogP contribution is -2.27. The Balaban J connectivity index is 2.24. The fourth-order valence-electron chi connectivity index (χ4n) is 1.82. The van der Waals surface area contributed by atoms with Crippen molar-refractivity contribution in [3.8, 4) is 0 Å². The topological polar surface area (TPSA) is 26.0 Å². The zero-order chi connectivity index (χ0) is 10.1. The summed E-state index contributed by atoms with van der Waals surface area (Å²) in [6, 6.07) is 4.38. The Hall–Kier alpha value is -0.600. The standard InChI is InChI=1S/C11H13ClFN/c12-8-4-5-10(13)9(6-8)11(14)7-2-1-3-7/h4-7,11H,1-3,14H2. The van der Waals surface area contributed by atoms with Crippen molar-refractivity contribution in [3.63, 3.8) is 0 Å². The van der Waals surface area contributed by atoms with Gasteiger partial charge in [-0.25, -0.2) is 4.39 Å². The van der Waals surface area contributed by atoms with Crippen LogP contribution in [0.5, 0.6) is 0 Å². The summed E-state index contributed by atoms with van der Waals surface area (Å²) < 4.78 is 13.4. The molecule has 2 N–H and O–H groups in total. The highest BCUT2D eigenvalue weighted by atomic mass is 35.5. The lowest BCUT2D eigenvalue weighted by molar-refractivity contribution is 0.260. The number of halogens is 2. The second-order valence-electron chi connectivity index (χ2n) is 3.88. The van der Waals surface area contributed by atoms with Gasteiger partial charge in [-0.15, -0.1) is 0 Å². The van der Waals surface area contributed by atoms with Crippen LogP contribution in [0.15, 0.2) is 18.2 Å². The minimum atomic E-state index is -0.242. The van der Waals surface area contributed by atoms with Crippen LogP contribution in [0.2, 0.25) is 5.02 Å². The third-order valence-electron chi connectivity index (χ3n) is 2.97. The van der Waals surface area contributed by atoms with Crippen LogP contribution in [-0.4, -0.2) is 0 Å². The Kier molecular flexibility index (Phi) is 2.75. The largest absolute Gasteiger partial charge is 0.324 e. The normalized spacial score (nSPS) is 19.1. The van der Waals surface area contributed by atoms with Crippen LogP contribution < -0.4 is 5.73 Å². The van der Waals surface area contributed by atoms with Gasteiger partial charge >= 0.3 is 0 Å². The lowest BCUT2D eigenvalue weighted by Gasteiger charge is -2.31. The van der Waals surface area contributed by atoms with Crippen LogP contribution in [-0.2, 0) is 0 Å². The van der Waals surface area contributed by atoms with E-state index < -0.39 is 0 Å². The molecule has 1 aromatic rings. The van der Waals surface area contributed by atoms with Crippen LogP contribution in [0.25, 0.3) is 0 Å². The van der Waals surface area contributed by atoms with Crippen LogP contribution in [0, 0.1) is 11.7 Å². The SMILES string of the molecule is NC(c1cc(Cl)ccc1F)C1CCC1. The van der Waals surface area contributed by atoms with E-state index in [4.69, 9.17) is 17.3 Å². The van der Waals surface area contributed by atoms with Crippen molar-refractivity contribution in [2.45, 2.75) is 25.3 Å². The molecular weight excluding hydrogens is 201 g/mol. The van der Waals surface area contributed by atoms with Gasteiger partial charge in [0.25, 0.3) is 0 Å². The van der Waals surface area contributed by atoms with Gasteiger partial charge in [-0.2, -0.15) is 0 Å². The Morgan fingerprint density at radius 1 is 1.43 bits per heavy atom. The highest BCUT2D eigenvalue weighted by molar-refractivity contribution is 6.30. The molecule has 1 nitrogen and oxygen atoms in total. The number of rotatable bonds is 2. The first-order chi connectivity index (χ1) is 6.68. The molecule has 1 aliphatic carbocycles. The molecule has 2 rings (SSSR count). The highest BCUT2D eigenvalue weighted by Gasteiger charge is 2.27. The average Bonchev–Trinajstić information content (AvgIpc) is 2.06. The van der Waals surface area contributed by atoms with Gasteiger partial charge in [0.05, 0.1) is 0 Å². The fourth-order valence-corrected chi connectivity index (χ4v) is 2.00. The summed E-state index contributed by atoms with van der Waals surface area (Å²) in [5, 5.41) is 0.552. The molecule has 0 amide bonds. The van der Waals surface area contributed by atoms with Crippen molar-refractivity contribution in [2.75, 3.05) is 0 Å². The summed E-state index contributed by atoms with van der Waals surface area (Å²) in [4.78, 5) is 0. The summed E-state index contributed by atoms with van der Waals surface area (Å²) in [5.41, 5.74) is 6.53. The minimum absolute atomic E-state index is 0.192. The first-order valence-electron chi connectivity index (χ1n) is 4.89. The molecule has 0 aromatic heterocycles. The summed E-state index contributed by atoms with van der Waals surface area (Å²) in [5.74, 6) is 0.191. The Morgan fingerprint density at radius 2 is 2.14 bits per heavy atom. The molecule has 1 aliphatic rings. The van der Waals surface area contributed by atoms with E-state index in [1.54, 1.807) is 12.1 Å². The van der Waals surface area contributed by atoms with Gasteiger partial charge in [0.1, 0.15) is 5.82 Å². The van der Waals surface area contributed by atoms with Crippen LogP contribution in [0.4, 0.5) is 4.39 Å². The summed E-state index contributed by atoms with van der Waals surface area (Å²) in [7, 11) is 0. The van der Waals surface area contributed by atoms with E-state index in [0.717, 1.165) is 12.8 Å². The molecule has 0 heterocycles. The van der Waals surface area contributed by atoms with Crippen LogP contribution in [0.1, 0.15) is 30.9 Å². The third kappa shape index (κ3) is 1.77. The first kappa shape index (κ1) is 9.94. The maximum absolute atomic E-state index is 13.4. The second-order valence-corrected chi connectivity index (χ2v) is 4.32. The summed E-state index contributed by atoms with van der Waals surface area (Å²) in [6.07, 6.45) is 3.42. The Morgan fingerprint density at radius 3 is 2.71 bits per heavy atom. The first-order valence-corrected chi connectivity index (χ1v) is 5.27. The molecule has 0 aliphatic heterocycles. The van der Waals surface area contributed by atoms with Gasteiger partial charge in [-0.05, 0) is 37.0 Å². The lowest BCUT2D eigenvalue weighted by atomic mass is 9.77. The molecule has 0 radical (unpaired) electrons. The quantitative estimate of drug-likeness (QED) is 0.802. The van der Waals surface area contributed by atoms with Crippen molar-refractivity contribution in [2.24, 2.45) is 11.7 Å². The molecular formula is C11H13ClFN. The van der Waals surface area contributed by atoms with Gasteiger partial charge in [-0.1, -0.05) is 18.0 Å². The van der Waals surface area contributed by atoms with E-state index in [1.807, 2.05) is 0 Å². The molecule has 1 unspecified atom stereocenters. The molecule has 14 heavy (non-hydrogen) atoms. The minimum Gasteiger partial charge on any atom is -0.324 e. The zero-order valence-electron chi connectivity index (χ0n) is 7.84. The van der Waals surface area contributed by atoms with E-state index >= 15 is 0 Å². The number of hydrogen-bond acceptors (Lipinski definition) is 1.